The van der Waals surface area contributed by atoms with Gasteiger partial charge in [-0.25, -0.2) is 4.79 Å². The van der Waals surface area contributed by atoms with Crippen molar-refractivity contribution < 1.29 is 14.2 Å². The molecule has 0 aliphatic carbocycles. The minimum absolute atomic E-state index is 0.252. The number of nitrogens with zero attached hydrogens (tertiary/aromatic N) is 2. The van der Waals surface area contributed by atoms with Gasteiger partial charge in [0.25, 0.3) is 0 Å². The molecule has 0 amide bonds. The Morgan fingerprint density at radius 2 is 2.29 bits per heavy atom. The lowest BCUT2D eigenvalue weighted by Gasteiger charge is -2.02. The normalized spacial score (nSPS) is 18.0. The first-order chi connectivity index (χ1) is 6.70. The van der Waals surface area contributed by atoms with E-state index in [0.29, 0.717) is 12.3 Å². The Balaban J connectivity index is 2.53. The monoisotopic (exact) mass is 193 g/mol. The summed E-state index contributed by atoms with van der Waals surface area (Å²) in [6, 6.07) is 1.85. The van der Waals surface area contributed by atoms with Crippen molar-refractivity contribution in [2.75, 3.05) is 6.61 Å². The molecule has 0 fully saturated rings. The first-order valence-corrected chi connectivity index (χ1v) is 4.58. The minimum atomic E-state index is -0.252. The fraction of sp³-hybridized carbons (Fsp3) is 0.400. The highest BCUT2D eigenvalue weighted by molar-refractivity contribution is 5.85. The van der Waals surface area contributed by atoms with E-state index in [2.05, 4.69) is 0 Å². The third kappa shape index (κ3) is 1.32. The van der Waals surface area contributed by atoms with E-state index in [1.165, 1.54) is 0 Å². The van der Waals surface area contributed by atoms with E-state index in [1.54, 1.807) is 0 Å². The van der Waals surface area contributed by atoms with Gasteiger partial charge in [0.05, 0.1) is 12.7 Å². The molecule has 0 radical (unpaired) electrons. The molecule has 0 atom stereocenters. The molecule has 0 bridgehead atoms. The number of ether oxygens (including phenoxy) is 1. The molecule has 1 aromatic rings. The van der Waals surface area contributed by atoms with Crippen LogP contribution in [0.5, 0.6) is 0 Å². The maximum absolute atomic E-state index is 11.5. The van der Waals surface area contributed by atoms with E-state index < -0.39 is 0 Å². The van der Waals surface area contributed by atoms with Crippen LogP contribution in [-0.2, 0) is 18.3 Å². The number of fused-ring (bicyclic) bond motifs is 1. The standard InChI is InChI=1S/C10H13N2O2/c1-8-7-9-10(13)14-6-4-3-5-12(9)11(8)2/h3-4,7H,5-6H2,1-2H3/q+1/b4-3-. The van der Waals surface area contributed by atoms with Gasteiger partial charge in [0.2, 0.25) is 0 Å². The van der Waals surface area contributed by atoms with Crippen molar-refractivity contribution >= 4 is 5.97 Å². The van der Waals surface area contributed by atoms with E-state index in [1.807, 2.05) is 41.6 Å². The average Bonchev–Trinajstić information content (AvgIpc) is 2.41. The Labute approximate surface area is 82.4 Å². The first-order valence-electron chi connectivity index (χ1n) is 4.58. The summed E-state index contributed by atoms with van der Waals surface area (Å²) in [4.78, 5) is 11.5. The van der Waals surface area contributed by atoms with Crippen LogP contribution in [0, 0.1) is 6.92 Å². The molecule has 1 aliphatic rings. The van der Waals surface area contributed by atoms with Gasteiger partial charge in [-0.3, -0.25) is 0 Å². The average molecular weight is 193 g/mol. The SMILES string of the molecule is Cc1cc2[n+](n1C)C/C=C\COC2=O. The largest absolute Gasteiger partial charge is 0.453 e. The molecule has 1 aromatic heterocycles. The molecule has 74 valence electrons. The molecule has 0 aromatic carbocycles. The number of carbonyl (C=O) groups excluding carboxylic acids is 1. The van der Waals surface area contributed by atoms with Crippen molar-refractivity contribution in [3.8, 4) is 0 Å². The number of cyclic esters (lactones) is 1. The van der Waals surface area contributed by atoms with Crippen LogP contribution in [0.4, 0.5) is 0 Å². The molecule has 0 unspecified atom stereocenters. The Kier molecular flexibility index (Phi) is 2.11. The molecule has 0 spiro atoms. The second-order valence-electron chi connectivity index (χ2n) is 3.35. The summed E-state index contributed by atoms with van der Waals surface area (Å²) in [5.41, 5.74) is 1.67. The van der Waals surface area contributed by atoms with Gasteiger partial charge in [-0.05, 0) is 19.1 Å². The molecule has 0 saturated carbocycles. The molecule has 2 heterocycles. The lowest BCUT2D eigenvalue weighted by atomic mass is 10.3. The number of hydrogen-bond acceptors (Lipinski definition) is 2. The Bertz CT molecular complexity index is 404. The Morgan fingerprint density at radius 3 is 3.07 bits per heavy atom. The van der Waals surface area contributed by atoms with Crippen LogP contribution in [0.3, 0.4) is 0 Å². The lowest BCUT2D eigenvalue weighted by molar-refractivity contribution is -0.767. The molecule has 1 aliphatic heterocycles. The van der Waals surface area contributed by atoms with Crippen molar-refractivity contribution in [2.24, 2.45) is 7.05 Å². The summed E-state index contributed by atoms with van der Waals surface area (Å²) in [6.07, 6.45) is 3.85. The number of allylic oxidation sites excluding steroid dienone is 1. The van der Waals surface area contributed by atoms with Crippen molar-refractivity contribution in [3.05, 3.63) is 29.6 Å². The zero-order valence-corrected chi connectivity index (χ0v) is 8.36. The maximum Gasteiger partial charge on any atom is 0.406 e. The fourth-order valence-corrected chi connectivity index (χ4v) is 1.54. The highest BCUT2D eigenvalue weighted by Crippen LogP contribution is 2.03. The quantitative estimate of drug-likeness (QED) is 0.338. The van der Waals surface area contributed by atoms with Gasteiger partial charge >= 0.3 is 11.7 Å². The minimum Gasteiger partial charge on any atom is -0.453 e. The molecular weight excluding hydrogens is 180 g/mol. The highest BCUT2D eigenvalue weighted by atomic mass is 16.5. The molecule has 0 N–H and O–H groups in total. The Morgan fingerprint density at radius 1 is 1.50 bits per heavy atom. The van der Waals surface area contributed by atoms with Gasteiger partial charge < -0.3 is 4.74 Å². The molecular formula is C10H13N2O2+. The highest BCUT2D eigenvalue weighted by Gasteiger charge is 2.26. The van der Waals surface area contributed by atoms with Crippen molar-refractivity contribution in [3.63, 3.8) is 0 Å². The second-order valence-corrected chi connectivity index (χ2v) is 3.35. The number of esters is 1. The third-order valence-corrected chi connectivity index (χ3v) is 2.46. The maximum atomic E-state index is 11.5. The molecule has 0 saturated heterocycles. The number of aryl methyl sites for hydroxylation is 1. The lowest BCUT2D eigenvalue weighted by Crippen LogP contribution is -2.47. The number of carbonyl (C=O) groups is 1. The third-order valence-electron chi connectivity index (χ3n) is 2.46. The van der Waals surface area contributed by atoms with Crippen LogP contribution in [0.15, 0.2) is 18.2 Å². The van der Waals surface area contributed by atoms with Crippen LogP contribution in [-0.4, -0.2) is 17.3 Å². The summed E-state index contributed by atoms with van der Waals surface area (Å²) < 4.78 is 8.86. The number of hydrogen-bond donors (Lipinski definition) is 0. The molecule has 4 nitrogen and oxygen atoms in total. The molecule has 2 rings (SSSR count). The van der Waals surface area contributed by atoms with Gasteiger partial charge in [-0.2, -0.15) is 4.68 Å². The van der Waals surface area contributed by atoms with Crippen molar-refractivity contribution in [2.45, 2.75) is 13.5 Å². The summed E-state index contributed by atoms with van der Waals surface area (Å²) >= 11 is 0. The van der Waals surface area contributed by atoms with Crippen LogP contribution in [0.1, 0.15) is 16.2 Å². The summed E-state index contributed by atoms with van der Waals surface area (Å²) in [6.45, 7) is 3.05. The van der Waals surface area contributed by atoms with E-state index >= 15 is 0 Å². The topological polar surface area (TPSA) is 35.1 Å². The number of aromatic nitrogens is 2. The first kappa shape index (κ1) is 8.99. The van der Waals surface area contributed by atoms with Gasteiger partial charge in [0, 0.05) is 6.07 Å². The molecule has 4 heteroatoms. The Hall–Kier alpha value is -1.58. The van der Waals surface area contributed by atoms with Gasteiger partial charge in [0.1, 0.15) is 6.61 Å². The fourth-order valence-electron chi connectivity index (χ4n) is 1.54. The number of rotatable bonds is 0. The zero-order valence-electron chi connectivity index (χ0n) is 8.36. The van der Waals surface area contributed by atoms with E-state index in [9.17, 15) is 4.79 Å². The van der Waals surface area contributed by atoms with E-state index in [-0.39, 0.29) is 5.97 Å². The summed E-state index contributed by atoms with van der Waals surface area (Å²) in [7, 11) is 1.93. The predicted molar refractivity (Wildman–Crippen MR) is 49.8 cm³/mol. The van der Waals surface area contributed by atoms with Crippen LogP contribution < -0.4 is 4.68 Å². The van der Waals surface area contributed by atoms with E-state index in [0.717, 1.165) is 12.2 Å². The summed E-state index contributed by atoms with van der Waals surface area (Å²) in [5.74, 6) is -0.252. The van der Waals surface area contributed by atoms with Gasteiger partial charge in [-0.15, -0.1) is 0 Å². The zero-order chi connectivity index (χ0) is 10.1. The van der Waals surface area contributed by atoms with Crippen LogP contribution in [0.25, 0.3) is 0 Å². The van der Waals surface area contributed by atoms with Crippen molar-refractivity contribution in [1.29, 1.82) is 0 Å². The van der Waals surface area contributed by atoms with Gasteiger partial charge in [-0.1, -0.05) is 4.68 Å². The van der Waals surface area contributed by atoms with Crippen LogP contribution >= 0.6 is 0 Å². The smallest absolute Gasteiger partial charge is 0.406 e. The van der Waals surface area contributed by atoms with Crippen LogP contribution in [0.2, 0.25) is 0 Å². The summed E-state index contributed by atoms with van der Waals surface area (Å²) in [5, 5.41) is 0. The predicted octanol–water partition coefficient (Wildman–Crippen LogP) is 0.348. The molecule has 14 heavy (non-hydrogen) atoms. The second kappa shape index (κ2) is 3.29. The van der Waals surface area contributed by atoms with E-state index in [4.69, 9.17) is 4.74 Å². The van der Waals surface area contributed by atoms with Gasteiger partial charge in [0.15, 0.2) is 6.54 Å². The van der Waals surface area contributed by atoms with Crippen molar-refractivity contribution in [1.82, 2.24) is 4.68 Å².